The van der Waals surface area contributed by atoms with Crippen LogP contribution in [0.15, 0.2) is 12.1 Å². The Morgan fingerprint density at radius 1 is 1.30 bits per heavy atom. The highest BCUT2D eigenvalue weighted by Gasteiger charge is 2.21. The Morgan fingerprint density at radius 2 is 2.04 bits per heavy atom. The van der Waals surface area contributed by atoms with Crippen molar-refractivity contribution in [2.75, 3.05) is 44.7 Å². The lowest BCUT2D eigenvalue weighted by Gasteiger charge is -2.27. The van der Waals surface area contributed by atoms with Crippen LogP contribution < -0.4 is 20.1 Å². The number of hydrogen-bond donors (Lipinski definition) is 2. The van der Waals surface area contributed by atoms with Crippen LogP contribution in [0.5, 0.6) is 11.5 Å². The molecule has 0 bridgehead atoms. The van der Waals surface area contributed by atoms with Crippen molar-refractivity contribution in [2.24, 2.45) is 0 Å². The summed E-state index contributed by atoms with van der Waals surface area (Å²) in [6.07, 6.45) is 0.810. The van der Waals surface area contributed by atoms with Crippen molar-refractivity contribution in [2.45, 2.75) is 6.42 Å². The zero-order valence-electron chi connectivity index (χ0n) is 12.6. The lowest BCUT2D eigenvalue weighted by atomic mass is 10.2. The van der Waals surface area contributed by atoms with Crippen molar-refractivity contribution in [3.8, 4) is 11.5 Å². The van der Waals surface area contributed by atoms with E-state index in [9.17, 15) is 9.59 Å². The molecule has 0 spiro atoms. The molecule has 1 fully saturated rings. The number of piperazine rings is 1. The van der Waals surface area contributed by atoms with Crippen LogP contribution in [-0.4, -0.2) is 56.1 Å². The molecule has 23 heavy (non-hydrogen) atoms. The first-order valence-corrected chi connectivity index (χ1v) is 7.89. The highest BCUT2D eigenvalue weighted by atomic mass is 35.5. The van der Waals surface area contributed by atoms with Gasteiger partial charge in [0.05, 0.1) is 37.0 Å². The lowest BCUT2D eigenvalue weighted by Crippen LogP contribution is -2.51. The monoisotopic (exact) mass is 339 g/mol. The van der Waals surface area contributed by atoms with Gasteiger partial charge in [-0.3, -0.25) is 9.59 Å². The van der Waals surface area contributed by atoms with Crippen LogP contribution in [0.25, 0.3) is 0 Å². The maximum Gasteiger partial charge on any atom is 0.242 e. The van der Waals surface area contributed by atoms with E-state index in [2.05, 4.69) is 10.6 Å². The summed E-state index contributed by atoms with van der Waals surface area (Å²) in [5.74, 6) is 0.928. The van der Waals surface area contributed by atoms with E-state index in [1.54, 1.807) is 12.1 Å². The summed E-state index contributed by atoms with van der Waals surface area (Å²) >= 11 is 6.22. The molecular weight excluding hydrogens is 322 g/mol. The highest BCUT2D eigenvalue weighted by Crippen LogP contribution is 2.37. The normalized spacial score (nSPS) is 17.3. The molecule has 8 heteroatoms. The molecule has 1 saturated heterocycles. The molecule has 2 aliphatic rings. The number of nitrogens with zero attached hydrogens (tertiary/aromatic N) is 1. The minimum Gasteiger partial charge on any atom is -0.490 e. The minimum absolute atomic E-state index is 0.0621. The smallest absolute Gasteiger partial charge is 0.242 e. The molecule has 7 nitrogen and oxygen atoms in total. The van der Waals surface area contributed by atoms with Crippen molar-refractivity contribution in [1.29, 1.82) is 0 Å². The van der Waals surface area contributed by atoms with E-state index in [0.29, 0.717) is 48.5 Å². The molecule has 2 heterocycles. The van der Waals surface area contributed by atoms with Gasteiger partial charge in [-0.25, -0.2) is 0 Å². The molecule has 0 saturated carbocycles. The molecule has 124 valence electrons. The van der Waals surface area contributed by atoms with E-state index in [4.69, 9.17) is 21.1 Å². The molecule has 0 aromatic heterocycles. The van der Waals surface area contributed by atoms with Crippen LogP contribution in [0.3, 0.4) is 0 Å². The SMILES string of the molecule is O=C1CN(C(=O)CNc2cc3c(cc2Cl)OCCCO3)CCN1. The van der Waals surface area contributed by atoms with Gasteiger partial charge in [0, 0.05) is 31.6 Å². The predicted molar refractivity (Wildman–Crippen MR) is 85.1 cm³/mol. The average Bonchev–Trinajstić information content (AvgIpc) is 2.77. The number of carbonyl (C=O) groups excluding carboxylic acids is 2. The van der Waals surface area contributed by atoms with E-state index in [1.807, 2.05) is 0 Å². The number of fused-ring (bicyclic) bond motifs is 1. The molecule has 0 unspecified atom stereocenters. The van der Waals surface area contributed by atoms with Crippen LogP contribution >= 0.6 is 11.6 Å². The molecule has 0 aliphatic carbocycles. The van der Waals surface area contributed by atoms with Crippen molar-refractivity contribution >= 4 is 29.1 Å². The minimum atomic E-state index is -0.150. The third-order valence-electron chi connectivity index (χ3n) is 3.66. The maximum atomic E-state index is 12.2. The summed E-state index contributed by atoms with van der Waals surface area (Å²) < 4.78 is 11.2. The Balaban J connectivity index is 1.64. The Hall–Kier alpha value is -2.15. The molecule has 1 aromatic carbocycles. The van der Waals surface area contributed by atoms with E-state index in [-0.39, 0.29) is 24.9 Å². The molecule has 3 rings (SSSR count). The van der Waals surface area contributed by atoms with Gasteiger partial charge in [-0.15, -0.1) is 0 Å². The number of nitrogens with one attached hydrogen (secondary N) is 2. The molecule has 2 amide bonds. The fraction of sp³-hybridized carbons (Fsp3) is 0.467. The quantitative estimate of drug-likeness (QED) is 0.854. The molecule has 0 radical (unpaired) electrons. The lowest BCUT2D eigenvalue weighted by molar-refractivity contribution is -0.136. The largest absolute Gasteiger partial charge is 0.490 e. The van der Waals surface area contributed by atoms with Gasteiger partial charge in [-0.1, -0.05) is 11.6 Å². The summed E-state index contributed by atoms with van der Waals surface area (Å²) in [6, 6.07) is 3.42. The Kier molecular flexibility index (Phi) is 4.76. The zero-order valence-corrected chi connectivity index (χ0v) is 13.3. The van der Waals surface area contributed by atoms with Gasteiger partial charge in [0.25, 0.3) is 0 Å². The zero-order chi connectivity index (χ0) is 16.2. The standard InChI is InChI=1S/C15H18ClN3O4/c16-10-6-12-13(23-5-1-4-22-12)7-11(10)18-8-15(21)19-3-2-17-14(20)9-19/h6-7,18H,1-5,8-9H2,(H,17,20). The number of carbonyl (C=O) groups is 2. The second-order valence-corrected chi connectivity index (χ2v) is 5.76. The van der Waals surface area contributed by atoms with Gasteiger partial charge in [-0.05, 0) is 0 Å². The molecule has 0 atom stereocenters. The Morgan fingerprint density at radius 3 is 2.78 bits per heavy atom. The number of ether oxygens (including phenoxy) is 2. The van der Waals surface area contributed by atoms with Gasteiger partial charge in [0.1, 0.15) is 0 Å². The van der Waals surface area contributed by atoms with E-state index >= 15 is 0 Å². The topological polar surface area (TPSA) is 79.9 Å². The van der Waals surface area contributed by atoms with Crippen LogP contribution in [0.1, 0.15) is 6.42 Å². The van der Waals surface area contributed by atoms with Crippen LogP contribution in [0, 0.1) is 0 Å². The Bertz CT molecular complexity index is 623. The number of anilines is 1. The number of rotatable bonds is 3. The average molecular weight is 340 g/mol. The first-order valence-electron chi connectivity index (χ1n) is 7.51. The first kappa shape index (κ1) is 15.7. The summed E-state index contributed by atoms with van der Waals surface area (Å²) in [5.41, 5.74) is 0.603. The van der Waals surface area contributed by atoms with Gasteiger partial charge >= 0.3 is 0 Å². The second-order valence-electron chi connectivity index (χ2n) is 5.35. The number of benzene rings is 1. The van der Waals surface area contributed by atoms with Crippen LogP contribution in [0.4, 0.5) is 5.69 Å². The molecule has 1 aromatic rings. The summed E-state index contributed by atoms with van der Waals surface area (Å²) in [5, 5.41) is 6.15. The van der Waals surface area contributed by atoms with Crippen LogP contribution in [-0.2, 0) is 9.59 Å². The van der Waals surface area contributed by atoms with Gasteiger partial charge < -0.3 is 25.0 Å². The third kappa shape index (κ3) is 3.79. The van der Waals surface area contributed by atoms with E-state index < -0.39 is 0 Å². The van der Waals surface area contributed by atoms with Crippen molar-refractivity contribution < 1.29 is 19.1 Å². The number of hydrogen-bond acceptors (Lipinski definition) is 5. The highest BCUT2D eigenvalue weighted by molar-refractivity contribution is 6.33. The van der Waals surface area contributed by atoms with Crippen LogP contribution in [0.2, 0.25) is 5.02 Å². The summed E-state index contributed by atoms with van der Waals surface area (Å²) in [4.78, 5) is 25.0. The fourth-order valence-electron chi connectivity index (χ4n) is 2.45. The summed E-state index contributed by atoms with van der Waals surface area (Å²) in [7, 11) is 0. The molecular formula is C15H18ClN3O4. The van der Waals surface area contributed by atoms with Crippen molar-refractivity contribution in [3.05, 3.63) is 17.2 Å². The third-order valence-corrected chi connectivity index (χ3v) is 3.97. The van der Waals surface area contributed by atoms with Crippen molar-refractivity contribution in [1.82, 2.24) is 10.2 Å². The van der Waals surface area contributed by atoms with Gasteiger partial charge in [0.15, 0.2) is 11.5 Å². The number of amides is 2. The summed E-state index contributed by atoms with van der Waals surface area (Å²) in [6.45, 7) is 2.32. The van der Waals surface area contributed by atoms with E-state index in [1.165, 1.54) is 4.90 Å². The van der Waals surface area contributed by atoms with Gasteiger partial charge in [-0.2, -0.15) is 0 Å². The maximum absolute atomic E-state index is 12.2. The van der Waals surface area contributed by atoms with Gasteiger partial charge in [0.2, 0.25) is 11.8 Å². The molecule has 2 N–H and O–H groups in total. The first-order chi connectivity index (χ1) is 11.1. The number of halogens is 1. The Labute approximate surface area is 138 Å². The van der Waals surface area contributed by atoms with E-state index in [0.717, 1.165) is 6.42 Å². The van der Waals surface area contributed by atoms with Crippen molar-refractivity contribution in [3.63, 3.8) is 0 Å². The molecule has 2 aliphatic heterocycles. The fourth-order valence-corrected chi connectivity index (χ4v) is 2.67. The predicted octanol–water partition coefficient (Wildman–Crippen LogP) is 0.872. The second kappa shape index (κ2) is 6.95.